The molecule has 0 aromatic heterocycles. The van der Waals surface area contributed by atoms with E-state index in [1.807, 2.05) is 14.1 Å². The van der Waals surface area contributed by atoms with E-state index in [0.29, 0.717) is 6.54 Å². The standard InChI is InChI=1S/C20H39N5O/c1-4-21-19(22-13-7-8-14-25-15-9-10-16-25)23-17-20(11-5-6-12-20)18(26)24(2)3/h4-17H2,1-3H3,(H2,21,22,23). The number of guanidine groups is 1. The number of likely N-dealkylation sites (tertiary alicyclic amines) is 1. The number of carbonyl (C=O) groups excluding carboxylic acids is 1. The average molecular weight is 366 g/mol. The van der Waals surface area contributed by atoms with Gasteiger partial charge in [0.15, 0.2) is 5.96 Å². The van der Waals surface area contributed by atoms with Gasteiger partial charge < -0.3 is 20.4 Å². The van der Waals surface area contributed by atoms with E-state index >= 15 is 0 Å². The Morgan fingerprint density at radius 3 is 2.38 bits per heavy atom. The Morgan fingerprint density at radius 2 is 1.77 bits per heavy atom. The summed E-state index contributed by atoms with van der Waals surface area (Å²) in [5.41, 5.74) is -0.290. The first-order chi connectivity index (χ1) is 12.6. The maximum Gasteiger partial charge on any atom is 0.230 e. The van der Waals surface area contributed by atoms with E-state index in [-0.39, 0.29) is 11.3 Å². The first kappa shape index (κ1) is 21.0. The number of nitrogens with one attached hydrogen (secondary N) is 2. The van der Waals surface area contributed by atoms with Crippen molar-refractivity contribution in [2.24, 2.45) is 10.4 Å². The Hall–Kier alpha value is -1.30. The van der Waals surface area contributed by atoms with E-state index in [0.717, 1.165) is 51.2 Å². The van der Waals surface area contributed by atoms with E-state index in [2.05, 4.69) is 22.5 Å². The summed E-state index contributed by atoms with van der Waals surface area (Å²) < 4.78 is 0. The molecule has 0 spiro atoms. The van der Waals surface area contributed by atoms with Gasteiger partial charge in [-0.05, 0) is 65.1 Å². The average Bonchev–Trinajstić information content (AvgIpc) is 3.31. The molecule has 26 heavy (non-hydrogen) atoms. The largest absolute Gasteiger partial charge is 0.357 e. The van der Waals surface area contributed by atoms with Crippen LogP contribution >= 0.6 is 0 Å². The molecule has 0 bridgehead atoms. The number of amides is 1. The van der Waals surface area contributed by atoms with Crippen LogP contribution in [0.3, 0.4) is 0 Å². The van der Waals surface area contributed by atoms with Gasteiger partial charge in [0.1, 0.15) is 0 Å². The van der Waals surface area contributed by atoms with Crippen molar-refractivity contribution in [3.05, 3.63) is 0 Å². The number of hydrogen-bond donors (Lipinski definition) is 2. The molecule has 0 atom stereocenters. The van der Waals surface area contributed by atoms with Crippen LogP contribution in [0.25, 0.3) is 0 Å². The summed E-state index contributed by atoms with van der Waals surface area (Å²) in [6, 6.07) is 0. The van der Waals surface area contributed by atoms with Crippen LogP contribution in [0.2, 0.25) is 0 Å². The molecule has 2 N–H and O–H groups in total. The molecule has 0 unspecified atom stereocenters. The molecule has 1 aliphatic carbocycles. The van der Waals surface area contributed by atoms with Crippen LogP contribution in [0.4, 0.5) is 0 Å². The van der Waals surface area contributed by atoms with Crippen LogP contribution in [0.5, 0.6) is 0 Å². The maximum absolute atomic E-state index is 12.7. The lowest BCUT2D eigenvalue weighted by Gasteiger charge is -2.29. The first-order valence-corrected chi connectivity index (χ1v) is 10.5. The topological polar surface area (TPSA) is 60.0 Å². The second-order valence-electron chi connectivity index (χ2n) is 8.06. The van der Waals surface area contributed by atoms with Crippen LogP contribution in [-0.2, 0) is 4.79 Å². The van der Waals surface area contributed by atoms with E-state index in [9.17, 15) is 4.79 Å². The molecule has 1 heterocycles. The number of unbranched alkanes of at least 4 members (excludes halogenated alkanes) is 1. The van der Waals surface area contributed by atoms with Gasteiger partial charge in [-0.2, -0.15) is 0 Å². The normalized spacial score (nSPS) is 20.3. The van der Waals surface area contributed by atoms with Crippen LogP contribution < -0.4 is 10.6 Å². The molecule has 1 aliphatic heterocycles. The Labute approximate surface area is 159 Å². The van der Waals surface area contributed by atoms with Crippen molar-refractivity contribution < 1.29 is 4.79 Å². The zero-order chi connectivity index (χ0) is 18.8. The van der Waals surface area contributed by atoms with Crippen LogP contribution in [-0.4, -0.2) is 75.0 Å². The zero-order valence-corrected chi connectivity index (χ0v) is 17.1. The lowest BCUT2D eigenvalue weighted by atomic mass is 9.85. The lowest BCUT2D eigenvalue weighted by Crippen LogP contribution is -2.43. The zero-order valence-electron chi connectivity index (χ0n) is 17.1. The number of aliphatic imine (C=N–C) groups is 1. The second-order valence-corrected chi connectivity index (χ2v) is 8.06. The summed E-state index contributed by atoms with van der Waals surface area (Å²) in [5, 5.41) is 6.78. The van der Waals surface area contributed by atoms with Crippen molar-refractivity contribution in [1.29, 1.82) is 0 Å². The summed E-state index contributed by atoms with van der Waals surface area (Å²) in [7, 11) is 3.71. The highest BCUT2D eigenvalue weighted by molar-refractivity contribution is 5.84. The molecule has 2 rings (SSSR count). The fraction of sp³-hybridized carbons (Fsp3) is 0.900. The molecule has 1 amide bonds. The Morgan fingerprint density at radius 1 is 1.08 bits per heavy atom. The highest BCUT2D eigenvalue weighted by Crippen LogP contribution is 2.39. The van der Waals surface area contributed by atoms with Crippen LogP contribution in [0.15, 0.2) is 4.99 Å². The molecule has 0 aromatic rings. The van der Waals surface area contributed by atoms with Crippen LogP contribution in [0.1, 0.15) is 58.3 Å². The monoisotopic (exact) mass is 365 g/mol. The summed E-state index contributed by atoms with van der Waals surface area (Å²) in [6.45, 7) is 8.23. The van der Waals surface area contributed by atoms with Gasteiger partial charge in [-0.15, -0.1) is 0 Å². The predicted octanol–water partition coefficient (Wildman–Crippen LogP) is 2.07. The summed E-state index contributed by atoms with van der Waals surface area (Å²) in [4.78, 5) is 21.8. The molecule has 0 aromatic carbocycles. The summed E-state index contributed by atoms with van der Waals surface area (Å²) in [6.07, 6.45) is 9.31. The van der Waals surface area contributed by atoms with Gasteiger partial charge in [-0.1, -0.05) is 12.8 Å². The Bertz CT molecular complexity index is 451. The van der Waals surface area contributed by atoms with Gasteiger partial charge in [0.25, 0.3) is 0 Å². The van der Waals surface area contributed by atoms with E-state index in [4.69, 9.17) is 4.99 Å². The van der Waals surface area contributed by atoms with Crippen molar-refractivity contribution in [3.63, 3.8) is 0 Å². The smallest absolute Gasteiger partial charge is 0.230 e. The lowest BCUT2D eigenvalue weighted by molar-refractivity contribution is -0.138. The minimum atomic E-state index is -0.290. The molecule has 2 aliphatic rings. The van der Waals surface area contributed by atoms with Crippen molar-refractivity contribution in [1.82, 2.24) is 20.4 Å². The van der Waals surface area contributed by atoms with Crippen LogP contribution in [0, 0.1) is 5.41 Å². The third-order valence-corrected chi connectivity index (χ3v) is 5.70. The van der Waals surface area contributed by atoms with E-state index in [1.54, 1.807) is 4.90 Å². The predicted molar refractivity (Wildman–Crippen MR) is 108 cm³/mol. The number of rotatable bonds is 9. The quantitative estimate of drug-likeness (QED) is 0.373. The molecular formula is C20H39N5O. The van der Waals surface area contributed by atoms with Crippen molar-refractivity contribution in [2.45, 2.75) is 58.3 Å². The number of nitrogens with zero attached hydrogens (tertiary/aromatic N) is 3. The molecule has 1 saturated heterocycles. The van der Waals surface area contributed by atoms with Gasteiger partial charge in [0.05, 0.1) is 12.0 Å². The second kappa shape index (κ2) is 10.8. The number of hydrogen-bond acceptors (Lipinski definition) is 3. The summed E-state index contributed by atoms with van der Waals surface area (Å²) in [5.74, 6) is 1.09. The minimum absolute atomic E-state index is 0.236. The van der Waals surface area contributed by atoms with Gasteiger partial charge in [-0.3, -0.25) is 9.79 Å². The SMILES string of the molecule is CCNC(=NCC1(C(=O)N(C)C)CCCC1)NCCCCN1CCCC1. The first-order valence-electron chi connectivity index (χ1n) is 10.5. The molecular weight excluding hydrogens is 326 g/mol. The van der Waals surface area contributed by atoms with Crippen molar-refractivity contribution in [2.75, 3.05) is 53.4 Å². The molecule has 150 valence electrons. The molecule has 6 nitrogen and oxygen atoms in total. The van der Waals surface area contributed by atoms with Gasteiger partial charge >= 0.3 is 0 Å². The van der Waals surface area contributed by atoms with Gasteiger partial charge in [0.2, 0.25) is 5.91 Å². The van der Waals surface area contributed by atoms with E-state index < -0.39 is 0 Å². The third kappa shape index (κ3) is 6.15. The third-order valence-electron chi connectivity index (χ3n) is 5.70. The van der Waals surface area contributed by atoms with Crippen molar-refractivity contribution >= 4 is 11.9 Å². The molecule has 1 saturated carbocycles. The Balaban J connectivity index is 1.79. The molecule has 0 radical (unpaired) electrons. The van der Waals surface area contributed by atoms with E-state index in [1.165, 1.54) is 38.9 Å². The minimum Gasteiger partial charge on any atom is -0.357 e. The van der Waals surface area contributed by atoms with Crippen molar-refractivity contribution in [3.8, 4) is 0 Å². The fourth-order valence-corrected chi connectivity index (χ4v) is 4.21. The summed E-state index contributed by atoms with van der Waals surface area (Å²) >= 11 is 0. The number of carbonyl (C=O) groups is 1. The highest BCUT2D eigenvalue weighted by atomic mass is 16.2. The maximum atomic E-state index is 12.7. The van der Waals surface area contributed by atoms with Gasteiger partial charge in [-0.25, -0.2) is 0 Å². The fourth-order valence-electron chi connectivity index (χ4n) is 4.21. The molecule has 2 fully saturated rings. The Kier molecular flexibility index (Phi) is 8.69. The molecule has 6 heteroatoms. The van der Waals surface area contributed by atoms with Gasteiger partial charge in [0, 0.05) is 27.2 Å². The highest BCUT2D eigenvalue weighted by Gasteiger charge is 2.42.